The molecule has 32 heavy (non-hydrogen) atoms. The number of fused-ring (bicyclic) bond motifs is 6. The Morgan fingerprint density at radius 3 is 2.31 bits per heavy atom. The molecule has 1 fully saturated rings. The molecule has 2 bridgehead atoms. The molecule has 3 aromatic rings. The zero-order valence-corrected chi connectivity index (χ0v) is 17.0. The maximum absolute atomic E-state index is 11.1. The third-order valence-corrected chi connectivity index (χ3v) is 5.96. The highest BCUT2D eigenvalue weighted by Gasteiger charge is 2.38. The second kappa shape index (κ2) is 8.31. The lowest BCUT2D eigenvalue weighted by molar-refractivity contribution is -0.192. The summed E-state index contributed by atoms with van der Waals surface area (Å²) >= 11 is 0. The van der Waals surface area contributed by atoms with Crippen molar-refractivity contribution in [3.8, 4) is 0 Å². The smallest absolute Gasteiger partial charge is 0.478 e. The molecule has 2 aliphatic heterocycles. The number of rotatable bonds is 3. The Kier molecular flexibility index (Phi) is 5.68. The van der Waals surface area contributed by atoms with Gasteiger partial charge in [-0.2, -0.15) is 13.2 Å². The van der Waals surface area contributed by atoms with Crippen LogP contribution in [0.15, 0.2) is 48.5 Å². The summed E-state index contributed by atoms with van der Waals surface area (Å²) in [6, 6.07) is 16.0. The first kappa shape index (κ1) is 21.9. The number of nitrogens with zero attached hydrogens (tertiary/aromatic N) is 2. The van der Waals surface area contributed by atoms with Crippen molar-refractivity contribution in [3.05, 3.63) is 70.9 Å². The Morgan fingerprint density at radius 1 is 1.03 bits per heavy atom. The fourth-order valence-corrected chi connectivity index (χ4v) is 4.55. The maximum Gasteiger partial charge on any atom is 0.490 e. The van der Waals surface area contributed by atoms with Crippen molar-refractivity contribution in [2.45, 2.75) is 31.6 Å². The minimum Gasteiger partial charge on any atom is -0.478 e. The van der Waals surface area contributed by atoms with Gasteiger partial charge in [0.15, 0.2) is 0 Å². The molecule has 2 N–H and O–H groups in total. The number of aromatic carboxylic acids is 1. The highest BCUT2D eigenvalue weighted by Crippen LogP contribution is 2.42. The van der Waals surface area contributed by atoms with Crippen LogP contribution in [0.3, 0.4) is 0 Å². The summed E-state index contributed by atoms with van der Waals surface area (Å²) in [5.41, 5.74) is 5.76. The van der Waals surface area contributed by atoms with Crippen LogP contribution in [0.4, 0.5) is 13.2 Å². The van der Waals surface area contributed by atoms with Gasteiger partial charge in [0.2, 0.25) is 0 Å². The summed E-state index contributed by atoms with van der Waals surface area (Å²) in [6.45, 7) is 4.19. The topological polar surface area (TPSA) is 82.8 Å². The summed E-state index contributed by atoms with van der Waals surface area (Å²) in [5, 5.41) is 17.6. The SMILES string of the molecule is O=C(O)C(F)(F)F.O=C(O)c1ccc(Cn2c3c(c4ccccc42)C2CCN(C3)C2)cc1. The molecule has 9 heteroatoms. The largest absolute Gasteiger partial charge is 0.490 e. The van der Waals surface area contributed by atoms with Gasteiger partial charge in [0, 0.05) is 42.1 Å². The molecule has 2 aliphatic rings. The molecule has 0 radical (unpaired) electrons. The van der Waals surface area contributed by atoms with Crippen molar-refractivity contribution < 1.29 is 33.0 Å². The number of halogens is 3. The summed E-state index contributed by atoms with van der Waals surface area (Å²) in [4.78, 5) is 22.5. The van der Waals surface area contributed by atoms with Crippen molar-refractivity contribution in [2.24, 2.45) is 0 Å². The average molecular weight is 446 g/mol. The molecule has 0 aliphatic carbocycles. The zero-order valence-electron chi connectivity index (χ0n) is 17.0. The van der Waals surface area contributed by atoms with Crippen molar-refractivity contribution in [1.29, 1.82) is 0 Å². The number of aliphatic carboxylic acids is 1. The van der Waals surface area contributed by atoms with Crippen LogP contribution in [0.25, 0.3) is 10.9 Å². The molecular formula is C23H21F3N2O4. The van der Waals surface area contributed by atoms with E-state index in [4.69, 9.17) is 15.0 Å². The van der Waals surface area contributed by atoms with E-state index in [1.165, 1.54) is 36.1 Å². The summed E-state index contributed by atoms with van der Waals surface area (Å²) in [5.74, 6) is -2.98. The molecule has 2 atom stereocenters. The number of carbonyl (C=O) groups is 2. The zero-order chi connectivity index (χ0) is 23.0. The van der Waals surface area contributed by atoms with Crippen LogP contribution in [0.5, 0.6) is 0 Å². The van der Waals surface area contributed by atoms with Gasteiger partial charge in [-0.25, -0.2) is 9.59 Å². The van der Waals surface area contributed by atoms with E-state index < -0.39 is 18.1 Å². The molecule has 0 amide bonds. The molecule has 5 rings (SSSR count). The first-order chi connectivity index (χ1) is 15.1. The van der Waals surface area contributed by atoms with Gasteiger partial charge >= 0.3 is 18.1 Å². The number of carboxylic acids is 2. The van der Waals surface area contributed by atoms with Gasteiger partial charge in [-0.3, -0.25) is 4.90 Å². The number of hydrogen-bond donors (Lipinski definition) is 2. The first-order valence-corrected chi connectivity index (χ1v) is 10.1. The van der Waals surface area contributed by atoms with E-state index in [1.54, 1.807) is 17.7 Å². The van der Waals surface area contributed by atoms with Crippen molar-refractivity contribution in [3.63, 3.8) is 0 Å². The number of benzene rings is 2. The van der Waals surface area contributed by atoms with Crippen LogP contribution >= 0.6 is 0 Å². The Labute approximate surface area is 181 Å². The second-order valence-corrected chi connectivity index (χ2v) is 7.99. The normalized spacial score (nSPS) is 19.2. The summed E-state index contributed by atoms with van der Waals surface area (Å²) in [6.07, 6.45) is -3.83. The predicted octanol–water partition coefficient (Wildman–Crippen LogP) is 4.32. The first-order valence-electron chi connectivity index (χ1n) is 10.1. The van der Waals surface area contributed by atoms with E-state index in [1.807, 2.05) is 12.1 Å². The molecular weight excluding hydrogens is 425 g/mol. The van der Waals surface area contributed by atoms with Gasteiger partial charge < -0.3 is 14.8 Å². The van der Waals surface area contributed by atoms with Gasteiger partial charge in [-0.15, -0.1) is 0 Å². The molecule has 0 saturated carbocycles. The molecule has 1 aromatic heterocycles. The number of para-hydroxylation sites is 1. The van der Waals surface area contributed by atoms with Crippen LogP contribution < -0.4 is 0 Å². The van der Waals surface area contributed by atoms with Gasteiger partial charge in [0.25, 0.3) is 0 Å². The lowest BCUT2D eigenvalue weighted by Crippen LogP contribution is -2.26. The number of aromatic nitrogens is 1. The average Bonchev–Trinajstić information content (AvgIpc) is 3.27. The van der Waals surface area contributed by atoms with Crippen LogP contribution in [-0.2, 0) is 17.9 Å². The van der Waals surface area contributed by atoms with Crippen LogP contribution in [0, 0.1) is 0 Å². The maximum atomic E-state index is 11.1. The van der Waals surface area contributed by atoms with Gasteiger partial charge in [0.05, 0.1) is 5.56 Å². The lowest BCUT2D eigenvalue weighted by Gasteiger charge is -2.25. The molecule has 2 unspecified atom stereocenters. The quantitative estimate of drug-likeness (QED) is 0.626. The third kappa shape index (κ3) is 4.20. The Bertz CT molecular complexity index is 1170. The molecule has 2 aromatic carbocycles. The molecule has 168 valence electrons. The second-order valence-electron chi connectivity index (χ2n) is 7.99. The Balaban J connectivity index is 0.000000307. The molecule has 1 saturated heterocycles. The highest BCUT2D eigenvalue weighted by atomic mass is 19.4. The van der Waals surface area contributed by atoms with Crippen molar-refractivity contribution >= 4 is 22.8 Å². The number of carboxylic acid groups (broad SMARTS) is 2. The number of alkyl halides is 3. The van der Waals surface area contributed by atoms with Crippen LogP contribution in [0.1, 0.15) is 39.5 Å². The fourth-order valence-electron chi connectivity index (χ4n) is 4.55. The summed E-state index contributed by atoms with van der Waals surface area (Å²) in [7, 11) is 0. The van der Waals surface area contributed by atoms with E-state index in [0.29, 0.717) is 11.5 Å². The van der Waals surface area contributed by atoms with Crippen molar-refractivity contribution in [2.75, 3.05) is 13.1 Å². The van der Waals surface area contributed by atoms with Crippen molar-refractivity contribution in [1.82, 2.24) is 9.47 Å². The Hall–Kier alpha value is -3.33. The van der Waals surface area contributed by atoms with E-state index in [2.05, 4.69) is 33.7 Å². The number of hydrogen-bond acceptors (Lipinski definition) is 3. The van der Waals surface area contributed by atoms with Crippen LogP contribution in [0.2, 0.25) is 0 Å². The van der Waals surface area contributed by atoms with E-state index >= 15 is 0 Å². The predicted molar refractivity (Wildman–Crippen MR) is 111 cm³/mol. The minimum absolute atomic E-state index is 0.340. The highest BCUT2D eigenvalue weighted by molar-refractivity contribution is 5.88. The standard InChI is InChI=1S/C21H20N2O2.C2HF3O2/c24-21(25)15-7-5-14(6-8-15)11-23-18-4-2-1-3-17(18)20-16-9-10-22(12-16)13-19(20)23;3-2(4,5)1(6)7/h1-8,16H,9-13H2,(H,24,25);(H,6,7). The fraction of sp³-hybridized carbons (Fsp3) is 0.304. The molecule has 6 nitrogen and oxygen atoms in total. The molecule has 3 heterocycles. The minimum atomic E-state index is -5.08. The van der Waals surface area contributed by atoms with E-state index in [9.17, 15) is 18.0 Å². The monoisotopic (exact) mass is 446 g/mol. The third-order valence-electron chi connectivity index (χ3n) is 5.96. The van der Waals surface area contributed by atoms with E-state index in [-0.39, 0.29) is 0 Å². The Morgan fingerprint density at radius 2 is 1.69 bits per heavy atom. The van der Waals surface area contributed by atoms with Gasteiger partial charge in [-0.05, 0) is 42.3 Å². The van der Waals surface area contributed by atoms with E-state index in [0.717, 1.165) is 18.7 Å². The summed E-state index contributed by atoms with van der Waals surface area (Å²) < 4.78 is 34.2. The molecule has 0 spiro atoms. The van der Waals surface area contributed by atoms with Gasteiger partial charge in [-0.1, -0.05) is 30.3 Å². The lowest BCUT2D eigenvalue weighted by atomic mass is 9.93. The van der Waals surface area contributed by atoms with Gasteiger partial charge in [0.1, 0.15) is 0 Å². The van der Waals surface area contributed by atoms with Crippen LogP contribution in [-0.4, -0.2) is 50.9 Å².